The molecular formula is C23H25F3N8O2. The summed E-state index contributed by atoms with van der Waals surface area (Å²) in [6, 6.07) is 7.06. The van der Waals surface area contributed by atoms with Gasteiger partial charge in [-0.05, 0) is 30.2 Å². The number of aromatic nitrogens is 6. The molecule has 2 atom stereocenters. The number of halogens is 3. The molecule has 2 aliphatic rings. The molecule has 2 fully saturated rings. The van der Waals surface area contributed by atoms with Gasteiger partial charge in [0.15, 0.2) is 0 Å². The SMILES string of the molecule is COc1nc(N[C@@H]2CCN(C3COC3)C[C@@H]2F)nn2ccc(-c3ccc4nnn(CC(F)F)c4c3)c12. The molecule has 13 heteroatoms. The summed E-state index contributed by atoms with van der Waals surface area (Å²) in [5.74, 6) is 0.579. The molecular weight excluding hydrogens is 477 g/mol. The Kier molecular flexibility index (Phi) is 5.88. The zero-order valence-electron chi connectivity index (χ0n) is 19.5. The molecule has 0 spiro atoms. The number of ether oxygens (including phenoxy) is 2. The quantitative estimate of drug-likeness (QED) is 0.412. The van der Waals surface area contributed by atoms with Crippen LogP contribution in [0.4, 0.5) is 19.1 Å². The lowest BCUT2D eigenvalue weighted by atomic mass is 10.0. The summed E-state index contributed by atoms with van der Waals surface area (Å²) in [6.07, 6.45) is -1.23. The maximum atomic E-state index is 14.9. The van der Waals surface area contributed by atoms with Crippen LogP contribution in [0.3, 0.4) is 0 Å². The first-order valence-electron chi connectivity index (χ1n) is 11.8. The Labute approximate surface area is 204 Å². The Morgan fingerprint density at radius 3 is 2.83 bits per heavy atom. The van der Waals surface area contributed by atoms with Crippen molar-refractivity contribution in [2.45, 2.75) is 37.6 Å². The molecule has 10 nitrogen and oxygen atoms in total. The van der Waals surface area contributed by atoms with Gasteiger partial charge in [-0.1, -0.05) is 11.3 Å². The second-order valence-corrected chi connectivity index (χ2v) is 9.08. The van der Waals surface area contributed by atoms with Crippen LogP contribution in [0.25, 0.3) is 27.7 Å². The molecule has 0 radical (unpaired) electrons. The minimum Gasteiger partial charge on any atom is -0.479 e. The van der Waals surface area contributed by atoms with Crippen LogP contribution in [-0.4, -0.2) is 92.6 Å². The summed E-state index contributed by atoms with van der Waals surface area (Å²) in [4.78, 5) is 6.64. The highest BCUT2D eigenvalue weighted by Crippen LogP contribution is 2.33. The van der Waals surface area contributed by atoms with Crippen LogP contribution >= 0.6 is 0 Å². The van der Waals surface area contributed by atoms with E-state index in [1.165, 1.54) is 11.8 Å². The minimum atomic E-state index is -2.54. The lowest BCUT2D eigenvalue weighted by Crippen LogP contribution is -2.57. The van der Waals surface area contributed by atoms with E-state index < -0.39 is 25.2 Å². The Bertz CT molecular complexity index is 1390. The van der Waals surface area contributed by atoms with E-state index in [9.17, 15) is 13.2 Å². The number of rotatable bonds is 7. The first kappa shape index (κ1) is 23.0. The summed E-state index contributed by atoms with van der Waals surface area (Å²) < 4.78 is 54.4. The van der Waals surface area contributed by atoms with Gasteiger partial charge < -0.3 is 14.8 Å². The van der Waals surface area contributed by atoms with Gasteiger partial charge in [-0.3, -0.25) is 4.90 Å². The highest BCUT2D eigenvalue weighted by Gasteiger charge is 2.35. The number of methoxy groups -OCH3 is 1. The van der Waals surface area contributed by atoms with Crippen molar-refractivity contribution in [3.63, 3.8) is 0 Å². The van der Waals surface area contributed by atoms with Crippen molar-refractivity contribution in [1.29, 1.82) is 0 Å². The number of anilines is 1. The van der Waals surface area contributed by atoms with Crippen molar-refractivity contribution in [1.82, 2.24) is 34.5 Å². The average molecular weight is 503 g/mol. The molecule has 0 aliphatic carbocycles. The molecule has 1 N–H and O–H groups in total. The zero-order valence-corrected chi connectivity index (χ0v) is 19.5. The van der Waals surface area contributed by atoms with Gasteiger partial charge in [-0.15, -0.1) is 10.2 Å². The van der Waals surface area contributed by atoms with Gasteiger partial charge >= 0.3 is 0 Å². The van der Waals surface area contributed by atoms with Gasteiger partial charge in [0, 0.05) is 24.8 Å². The summed E-state index contributed by atoms with van der Waals surface area (Å²) >= 11 is 0. The fourth-order valence-corrected chi connectivity index (χ4v) is 4.85. The van der Waals surface area contributed by atoms with Crippen LogP contribution in [0.5, 0.6) is 5.88 Å². The van der Waals surface area contributed by atoms with Gasteiger partial charge in [0.05, 0.1) is 37.9 Å². The van der Waals surface area contributed by atoms with E-state index in [2.05, 4.69) is 30.6 Å². The van der Waals surface area contributed by atoms with E-state index >= 15 is 0 Å². The Balaban J connectivity index is 1.28. The number of likely N-dealkylation sites (tertiary alicyclic amines) is 1. The van der Waals surface area contributed by atoms with Gasteiger partial charge in [0.1, 0.15) is 23.7 Å². The number of hydrogen-bond acceptors (Lipinski definition) is 8. The molecule has 0 saturated carbocycles. The first-order valence-corrected chi connectivity index (χ1v) is 11.8. The van der Waals surface area contributed by atoms with Crippen LogP contribution in [-0.2, 0) is 11.3 Å². The van der Waals surface area contributed by atoms with Crippen molar-refractivity contribution in [3.8, 4) is 17.0 Å². The largest absolute Gasteiger partial charge is 0.479 e. The first-order chi connectivity index (χ1) is 17.5. The van der Waals surface area contributed by atoms with E-state index in [-0.39, 0.29) is 5.95 Å². The van der Waals surface area contributed by atoms with Gasteiger partial charge in [-0.2, -0.15) is 4.98 Å². The number of piperidine rings is 1. The van der Waals surface area contributed by atoms with E-state index in [0.717, 1.165) is 17.7 Å². The molecule has 36 heavy (non-hydrogen) atoms. The lowest BCUT2D eigenvalue weighted by Gasteiger charge is -2.42. The number of nitrogens with zero attached hydrogens (tertiary/aromatic N) is 7. The lowest BCUT2D eigenvalue weighted by molar-refractivity contribution is -0.0794. The van der Waals surface area contributed by atoms with Crippen molar-refractivity contribution < 1.29 is 22.6 Å². The summed E-state index contributed by atoms with van der Waals surface area (Å²) in [5.41, 5.74) is 3.13. The molecule has 4 aromatic rings. The summed E-state index contributed by atoms with van der Waals surface area (Å²) in [7, 11) is 1.50. The van der Waals surface area contributed by atoms with Crippen LogP contribution in [0.15, 0.2) is 30.5 Å². The third-order valence-electron chi connectivity index (χ3n) is 6.83. The van der Waals surface area contributed by atoms with Gasteiger partial charge in [-0.25, -0.2) is 22.4 Å². The van der Waals surface area contributed by atoms with Gasteiger partial charge in [0.25, 0.3) is 6.43 Å². The van der Waals surface area contributed by atoms with Crippen LogP contribution in [0, 0.1) is 0 Å². The molecule has 0 unspecified atom stereocenters. The molecule has 0 amide bonds. The number of fused-ring (bicyclic) bond motifs is 2. The molecule has 1 aromatic carbocycles. The molecule has 5 heterocycles. The van der Waals surface area contributed by atoms with Crippen LogP contribution < -0.4 is 10.1 Å². The Morgan fingerprint density at radius 2 is 2.11 bits per heavy atom. The molecule has 190 valence electrons. The number of nitrogens with one attached hydrogen (secondary N) is 1. The second kappa shape index (κ2) is 9.21. The smallest absolute Gasteiger partial charge is 0.258 e. The third kappa shape index (κ3) is 4.11. The maximum Gasteiger partial charge on any atom is 0.258 e. The average Bonchev–Trinajstić information content (AvgIpc) is 3.43. The maximum absolute atomic E-state index is 14.9. The summed E-state index contributed by atoms with van der Waals surface area (Å²) in [5, 5.41) is 15.5. The molecule has 2 saturated heterocycles. The van der Waals surface area contributed by atoms with Crippen molar-refractivity contribution in [3.05, 3.63) is 30.5 Å². The number of hydrogen-bond donors (Lipinski definition) is 1. The van der Waals surface area contributed by atoms with E-state index in [1.54, 1.807) is 22.8 Å². The van der Waals surface area contributed by atoms with Gasteiger partial charge in [0.2, 0.25) is 11.8 Å². The highest BCUT2D eigenvalue weighted by atomic mass is 19.3. The zero-order chi connectivity index (χ0) is 24.8. The highest BCUT2D eigenvalue weighted by molar-refractivity contribution is 5.89. The standard InChI is InChI=1S/C23H25F3N8O2/c1-35-22-21-15(13-2-3-18-19(8-13)34(31-29-18)10-20(25)26)4-7-33(21)30-23(28-22)27-17-5-6-32(9-16(17)24)14-11-36-12-14/h2-4,7-8,14,16-17,20H,5-6,9-12H2,1H3,(H,27,30)/t16-,17+/m0/s1. The monoisotopic (exact) mass is 502 g/mol. The van der Waals surface area contributed by atoms with E-state index in [0.29, 0.717) is 54.7 Å². The van der Waals surface area contributed by atoms with Crippen LogP contribution in [0.2, 0.25) is 0 Å². The van der Waals surface area contributed by atoms with Crippen molar-refractivity contribution in [2.24, 2.45) is 0 Å². The fourth-order valence-electron chi connectivity index (χ4n) is 4.85. The topological polar surface area (TPSA) is 94.6 Å². The predicted octanol–water partition coefficient (Wildman–Crippen LogP) is 2.64. The fraction of sp³-hybridized carbons (Fsp3) is 0.478. The molecule has 2 aliphatic heterocycles. The predicted molar refractivity (Wildman–Crippen MR) is 125 cm³/mol. The molecule has 3 aromatic heterocycles. The third-order valence-corrected chi connectivity index (χ3v) is 6.83. The Morgan fingerprint density at radius 1 is 1.25 bits per heavy atom. The summed E-state index contributed by atoms with van der Waals surface area (Å²) in [6.45, 7) is 1.91. The number of benzene rings is 1. The number of alkyl halides is 3. The van der Waals surface area contributed by atoms with E-state index in [1.807, 2.05) is 12.1 Å². The van der Waals surface area contributed by atoms with Crippen LogP contribution in [0.1, 0.15) is 6.42 Å². The minimum absolute atomic E-state index is 0.268. The molecule has 6 rings (SSSR count). The Hall–Kier alpha value is -3.45. The van der Waals surface area contributed by atoms with Crippen molar-refractivity contribution >= 4 is 22.5 Å². The normalized spacial score (nSPS) is 21.4. The van der Waals surface area contributed by atoms with E-state index in [4.69, 9.17) is 9.47 Å². The molecule has 0 bridgehead atoms. The second-order valence-electron chi connectivity index (χ2n) is 9.08. The van der Waals surface area contributed by atoms with Crippen molar-refractivity contribution in [2.75, 3.05) is 38.7 Å².